The van der Waals surface area contributed by atoms with Gasteiger partial charge in [-0.2, -0.15) is 9.57 Å². The van der Waals surface area contributed by atoms with Crippen molar-refractivity contribution in [3.05, 3.63) is 69.7 Å². The Kier molecular flexibility index (Phi) is 4.09. The van der Waals surface area contributed by atoms with E-state index in [0.717, 1.165) is 17.3 Å². The first-order valence-electron chi connectivity index (χ1n) is 8.39. The van der Waals surface area contributed by atoms with Gasteiger partial charge in [-0.25, -0.2) is 13.4 Å². The third-order valence-corrected chi connectivity index (χ3v) is 6.09. The molecule has 0 saturated heterocycles. The molecule has 0 amide bonds. The zero-order chi connectivity index (χ0) is 19.2. The van der Waals surface area contributed by atoms with Crippen LogP contribution in [0.15, 0.2) is 41.7 Å². The van der Waals surface area contributed by atoms with Crippen LogP contribution in [-0.2, 0) is 29.5 Å². The molecule has 0 saturated carbocycles. The van der Waals surface area contributed by atoms with Gasteiger partial charge in [0.2, 0.25) is 10.0 Å². The van der Waals surface area contributed by atoms with Crippen molar-refractivity contribution < 1.29 is 8.42 Å². The third-order valence-electron chi connectivity index (χ3n) is 4.84. The number of hydrogen-bond acceptors (Lipinski definition) is 5. The minimum Gasteiger partial charge on any atom is -0.322 e. The fourth-order valence-corrected chi connectivity index (χ4v) is 4.22. The lowest BCUT2D eigenvalue weighted by molar-refractivity contribution is 0.384. The van der Waals surface area contributed by atoms with Crippen LogP contribution in [0.4, 0.5) is 0 Å². The summed E-state index contributed by atoms with van der Waals surface area (Å²) in [6, 6.07) is 7.80. The molecule has 4 heterocycles. The van der Waals surface area contributed by atoms with Crippen LogP contribution in [0.1, 0.15) is 22.4 Å². The molecule has 0 bridgehead atoms. The highest BCUT2D eigenvalue weighted by atomic mass is 32.2. The molecule has 0 radical (unpaired) electrons. The smallest absolute Gasteiger partial charge is 0.257 e. The molecule has 0 aromatic carbocycles. The maximum Gasteiger partial charge on any atom is 0.257 e. The molecule has 0 spiro atoms. The van der Waals surface area contributed by atoms with Gasteiger partial charge in [0.1, 0.15) is 6.07 Å². The summed E-state index contributed by atoms with van der Waals surface area (Å²) in [6.07, 6.45) is 6.60. The van der Waals surface area contributed by atoms with Crippen molar-refractivity contribution in [1.29, 1.82) is 5.26 Å². The molecule has 0 N–H and O–H groups in total. The predicted octanol–water partition coefficient (Wildman–Crippen LogP) is 0.734. The molecule has 3 aromatic heterocycles. The Labute approximate surface area is 156 Å². The second kappa shape index (κ2) is 6.33. The van der Waals surface area contributed by atoms with Gasteiger partial charge < -0.3 is 4.40 Å². The van der Waals surface area contributed by atoms with Gasteiger partial charge in [0.05, 0.1) is 42.4 Å². The Hall–Kier alpha value is -2.96. The minimum atomic E-state index is -3.32. The SMILES string of the molecule is CS(=O)(=O)N1CCc2c(ncn(Cc3cn4ccccc4c3C#N)c2=O)C1. The number of rotatable bonds is 3. The summed E-state index contributed by atoms with van der Waals surface area (Å²) >= 11 is 0. The molecule has 0 unspecified atom stereocenters. The minimum absolute atomic E-state index is 0.115. The lowest BCUT2D eigenvalue weighted by atomic mass is 10.1. The molecule has 1 aliphatic heterocycles. The average molecular weight is 383 g/mol. The van der Waals surface area contributed by atoms with Crippen LogP contribution in [0, 0.1) is 11.3 Å². The van der Waals surface area contributed by atoms with E-state index >= 15 is 0 Å². The van der Waals surface area contributed by atoms with Gasteiger partial charge in [0, 0.05) is 30.1 Å². The summed E-state index contributed by atoms with van der Waals surface area (Å²) in [7, 11) is -3.32. The van der Waals surface area contributed by atoms with Crippen molar-refractivity contribution in [2.75, 3.05) is 12.8 Å². The number of aromatic nitrogens is 3. The topological polar surface area (TPSA) is 100 Å². The van der Waals surface area contributed by atoms with Crippen LogP contribution in [0.3, 0.4) is 0 Å². The number of sulfonamides is 1. The molecule has 138 valence electrons. The molecule has 3 aromatic rings. The fraction of sp³-hybridized carbons (Fsp3) is 0.278. The van der Waals surface area contributed by atoms with Gasteiger partial charge in [0.15, 0.2) is 0 Å². The highest BCUT2D eigenvalue weighted by Gasteiger charge is 2.26. The number of nitriles is 1. The fourth-order valence-electron chi connectivity index (χ4n) is 3.44. The lowest BCUT2D eigenvalue weighted by Gasteiger charge is -2.25. The van der Waals surface area contributed by atoms with Crippen molar-refractivity contribution in [3.63, 3.8) is 0 Å². The van der Waals surface area contributed by atoms with E-state index in [1.54, 1.807) is 0 Å². The largest absolute Gasteiger partial charge is 0.322 e. The normalized spacial score (nSPS) is 14.8. The second-order valence-corrected chi connectivity index (χ2v) is 8.57. The molecule has 9 heteroatoms. The number of hydrogen-bond donors (Lipinski definition) is 0. The molecular weight excluding hydrogens is 366 g/mol. The van der Waals surface area contributed by atoms with Crippen molar-refractivity contribution in [2.45, 2.75) is 19.5 Å². The summed E-state index contributed by atoms with van der Waals surface area (Å²) in [6.45, 7) is 0.621. The highest BCUT2D eigenvalue weighted by Crippen LogP contribution is 2.19. The molecule has 0 aliphatic carbocycles. The summed E-state index contributed by atoms with van der Waals surface area (Å²) in [5, 5.41) is 9.52. The number of nitrogens with zero attached hydrogens (tertiary/aromatic N) is 5. The van der Waals surface area contributed by atoms with Gasteiger partial charge in [0.25, 0.3) is 5.56 Å². The van der Waals surface area contributed by atoms with Crippen LogP contribution in [0.2, 0.25) is 0 Å². The van der Waals surface area contributed by atoms with E-state index in [-0.39, 0.29) is 25.2 Å². The lowest BCUT2D eigenvalue weighted by Crippen LogP contribution is -2.39. The number of pyridine rings is 1. The molecule has 0 atom stereocenters. The second-order valence-electron chi connectivity index (χ2n) is 6.58. The van der Waals surface area contributed by atoms with Crippen LogP contribution < -0.4 is 5.56 Å². The van der Waals surface area contributed by atoms with E-state index in [9.17, 15) is 18.5 Å². The zero-order valence-electron chi connectivity index (χ0n) is 14.7. The van der Waals surface area contributed by atoms with E-state index in [1.807, 2.05) is 35.0 Å². The van der Waals surface area contributed by atoms with Crippen molar-refractivity contribution in [3.8, 4) is 6.07 Å². The van der Waals surface area contributed by atoms with Gasteiger partial charge in [-0.1, -0.05) is 6.07 Å². The van der Waals surface area contributed by atoms with E-state index in [1.165, 1.54) is 15.2 Å². The molecule has 0 fully saturated rings. The average Bonchev–Trinajstić information content (AvgIpc) is 3.00. The summed E-state index contributed by atoms with van der Waals surface area (Å²) < 4.78 is 28.1. The van der Waals surface area contributed by atoms with Crippen molar-refractivity contribution >= 4 is 15.5 Å². The summed E-state index contributed by atoms with van der Waals surface area (Å²) in [5.41, 5.74) is 2.91. The van der Waals surface area contributed by atoms with E-state index in [2.05, 4.69) is 11.1 Å². The Morgan fingerprint density at radius 1 is 1.33 bits per heavy atom. The first kappa shape index (κ1) is 17.5. The predicted molar refractivity (Wildman–Crippen MR) is 98.7 cm³/mol. The van der Waals surface area contributed by atoms with Crippen molar-refractivity contribution in [2.24, 2.45) is 0 Å². The Bertz CT molecular complexity index is 1250. The van der Waals surface area contributed by atoms with Crippen molar-refractivity contribution in [1.82, 2.24) is 18.3 Å². The van der Waals surface area contributed by atoms with E-state index < -0.39 is 10.0 Å². The van der Waals surface area contributed by atoms with Gasteiger partial charge in [-0.15, -0.1) is 0 Å². The van der Waals surface area contributed by atoms with E-state index in [0.29, 0.717) is 23.2 Å². The van der Waals surface area contributed by atoms with Crippen LogP contribution in [-0.4, -0.2) is 39.5 Å². The Balaban J connectivity index is 1.72. The molecule has 4 rings (SSSR count). The molecule has 8 nitrogen and oxygen atoms in total. The third kappa shape index (κ3) is 3.03. The van der Waals surface area contributed by atoms with Gasteiger partial charge in [-0.05, 0) is 18.6 Å². The number of fused-ring (bicyclic) bond motifs is 2. The van der Waals surface area contributed by atoms with Crippen LogP contribution >= 0.6 is 0 Å². The first-order valence-corrected chi connectivity index (χ1v) is 10.2. The standard InChI is InChI=1S/C18H17N5O3S/c1-27(25,26)23-7-5-14-16(11-23)20-12-22(18(14)24)10-13-9-21-6-3-2-4-17(21)15(13)8-19/h2-4,6,9,12H,5,7,10-11H2,1H3. The molecular formula is C18H17N5O3S. The van der Waals surface area contributed by atoms with Crippen LogP contribution in [0.5, 0.6) is 0 Å². The maximum absolute atomic E-state index is 12.9. The summed E-state index contributed by atoms with van der Waals surface area (Å²) in [5.74, 6) is 0. The Morgan fingerprint density at radius 2 is 2.15 bits per heavy atom. The Morgan fingerprint density at radius 3 is 2.89 bits per heavy atom. The van der Waals surface area contributed by atoms with Gasteiger partial charge >= 0.3 is 0 Å². The first-order chi connectivity index (χ1) is 12.9. The molecule has 1 aliphatic rings. The van der Waals surface area contributed by atoms with Crippen LogP contribution in [0.25, 0.3) is 5.52 Å². The van der Waals surface area contributed by atoms with Gasteiger partial charge in [-0.3, -0.25) is 9.36 Å². The monoisotopic (exact) mass is 383 g/mol. The quantitative estimate of drug-likeness (QED) is 0.664. The maximum atomic E-state index is 12.9. The zero-order valence-corrected chi connectivity index (χ0v) is 15.5. The van der Waals surface area contributed by atoms with E-state index in [4.69, 9.17) is 0 Å². The molecule has 27 heavy (non-hydrogen) atoms. The highest BCUT2D eigenvalue weighted by molar-refractivity contribution is 7.88. The summed E-state index contributed by atoms with van der Waals surface area (Å²) in [4.78, 5) is 17.2.